The second-order valence-corrected chi connectivity index (χ2v) is 9.74. The Hall–Kier alpha value is -1.59. The predicted molar refractivity (Wildman–Crippen MR) is 137 cm³/mol. The lowest BCUT2D eigenvalue weighted by Crippen LogP contribution is -2.49. The molecule has 7 nitrogen and oxygen atoms in total. The summed E-state index contributed by atoms with van der Waals surface area (Å²) >= 11 is 6.27. The minimum atomic E-state index is -3.38. The standard InChI is InChI=1S/C21H28ClN5O2S.HI/c1-3-16(15-30(28,29)18-8-5-4-6-9-18)25-21(23-2)26-17-11-13-27(14-17)20-19(22)10-7-12-24-20;/h4-10,12,16-17H,3,11,13-15H2,1-2H3,(H2,23,25,26);1H. The summed E-state index contributed by atoms with van der Waals surface area (Å²) in [7, 11) is -1.69. The van der Waals surface area contributed by atoms with Crippen LogP contribution in [-0.4, -0.2) is 57.3 Å². The van der Waals surface area contributed by atoms with E-state index in [9.17, 15) is 8.42 Å². The van der Waals surface area contributed by atoms with Gasteiger partial charge < -0.3 is 15.5 Å². The second-order valence-electron chi connectivity index (χ2n) is 7.30. The number of pyridine rings is 1. The van der Waals surface area contributed by atoms with Crippen molar-refractivity contribution in [3.8, 4) is 0 Å². The number of nitrogens with one attached hydrogen (secondary N) is 2. The smallest absolute Gasteiger partial charge is 0.191 e. The van der Waals surface area contributed by atoms with Crippen LogP contribution in [-0.2, 0) is 9.84 Å². The zero-order chi connectivity index (χ0) is 21.6. The first-order valence-electron chi connectivity index (χ1n) is 10.1. The third-order valence-corrected chi connectivity index (χ3v) is 7.27. The molecule has 10 heteroatoms. The van der Waals surface area contributed by atoms with Gasteiger partial charge in [-0.05, 0) is 37.1 Å². The Labute approximate surface area is 206 Å². The summed E-state index contributed by atoms with van der Waals surface area (Å²) in [6.07, 6.45) is 3.31. The third kappa shape index (κ3) is 6.95. The van der Waals surface area contributed by atoms with E-state index in [-0.39, 0.29) is 41.8 Å². The molecular weight excluding hydrogens is 549 g/mol. The van der Waals surface area contributed by atoms with Crippen LogP contribution in [0.15, 0.2) is 58.5 Å². The summed E-state index contributed by atoms with van der Waals surface area (Å²) in [5.74, 6) is 1.39. The molecule has 1 aromatic heterocycles. The highest BCUT2D eigenvalue weighted by atomic mass is 127. The number of anilines is 1. The summed E-state index contributed by atoms with van der Waals surface area (Å²) in [5, 5.41) is 7.32. The number of sulfone groups is 1. The average molecular weight is 578 g/mol. The van der Waals surface area contributed by atoms with Crippen LogP contribution in [0.5, 0.6) is 0 Å². The van der Waals surface area contributed by atoms with E-state index in [0.29, 0.717) is 22.3 Å². The van der Waals surface area contributed by atoms with Crippen molar-refractivity contribution in [2.24, 2.45) is 4.99 Å². The van der Waals surface area contributed by atoms with Gasteiger partial charge >= 0.3 is 0 Å². The molecule has 1 fully saturated rings. The fraction of sp³-hybridized carbons (Fsp3) is 0.429. The van der Waals surface area contributed by atoms with E-state index in [1.54, 1.807) is 37.5 Å². The molecule has 0 radical (unpaired) electrons. The maximum Gasteiger partial charge on any atom is 0.191 e. The van der Waals surface area contributed by atoms with Crippen molar-refractivity contribution < 1.29 is 8.42 Å². The number of nitrogens with zero attached hydrogens (tertiary/aromatic N) is 3. The molecule has 1 aliphatic rings. The van der Waals surface area contributed by atoms with Crippen LogP contribution in [0.3, 0.4) is 0 Å². The molecule has 0 amide bonds. The minimum absolute atomic E-state index is 0. The molecule has 2 heterocycles. The average Bonchev–Trinajstić information content (AvgIpc) is 3.21. The third-order valence-electron chi connectivity index (χ3n) is 5.15. The second kappa shape index (κ2) is 11.9. The van der Waals surface area contributed by atoms with Gasteiger partial charge in [0.15, 0.2) is 15.8 Å². The Balaban J connectivity index is 0.00000341. The van der Waals surface area contributed by atoms with Crippen molar-refractivity contribution in [3.63, 3.8) is 0 Å². The molecule has 1 saturated heterocycles. The van der Waals surface area contributed by atoms with Crippen molar-refractivity contribution in [2.45, 2.75) is 36.7 Å². The quantitative estimate of drug-likeness (QED) is 0.298. The molecule has 3 rings (SSSR count). The fourth-order valence-corrected chi connectivity index (χ4v) is 5.34. The first-order valence-corrected chi connectivity index (χ1v) is 12.1. The molecule has 2 atom stereocenters. The van der Waals surface area contributed by atoms with Crippen molar-refractivity contribution in [1.29, 1.82) is 0 Å². The van der Waals surface area contributed by atoms with Gasteiger partial charge in [-0.2, -0.15) is 0 Å². The Morgan fingerprint density at radius 1 is 1.29 bits per heavy atom. The zero-order valence-corrected chi connectivity index (χ0v) is 21.6. The summed E-state index contributed by atoms with van der Waals surface area (Å²) in [6.45, 7) is 3.55. The van der Waals surface area contributed by atoms with Crippen LogP contribution in [0, 0.1) is 0 Å². The van der Waals surface area contributed by atoms with E-state index in [1.807, 2.05) is 25.1 Å². The van der Waals surface area contributed by atoms with Gasteiger partial charge in [0.25, 0.3) is 0 Å². The topological polar surface area (TPSA) is 86.7 Å². The van der Waals surface area contributed by atoms with Crippen LogP contribution in [0.2, 0.25) is 5.02 Å². The first kappa shape index (κ1) is 25.7. The number of hydrogen-bond acceptors (Lipinski definition) is 5. The minimum Gasteiger partial charge on any atom is -0.353 e. The van der Waals surface area contributed by atoms with E-state index >= 15 is 0 Å². The van der Waals surface area contributed by atoms with Crippen molar-refractivity contribution in [2.75, 3.05) is 30.8 Å². The van der Waals surface area contributed by atoms with Gasteiger partial charge in [-0.15, -0.1) is 24.0 Å². The summed E-state index contributed by atoms with van der Waals surface area (Å²) in [6, 6.07) is 12.1. The fourth-order valence-electron chi connectivity index (χ4n) is 3.49. The lowest BCUT2D eigenvalue weighted by Gasteiger charge is -2.23. The Morgan fingerprint density at radius 2 is 2.03 bits per heavy atom. The van der Waals surface area contributed by atoms with Gasteiger partial charge in [-0.1, -0.05) is 36.7 Å². The highest BCUT2D eigenvalue weighted by Crippen LogP contribution is 2.25. The highest BCUT2D eigenvalue weighted by Gasteiger charge is 2.27. The Morgan fingerprint density at radius 3 is 2.68 bits per heavy atom. The van der Waals surface area contributed by atoms with Crippen LogP contribution >= 0.6 is 35.6 Å². The predicted octanol–water partition coefficient (Wildman–Crippen LogP) is 3.35. The van der Waals surface area contributed by atoms with Crippen molar-refractivity contribution in [1.82, 2.24) is 15.6 Å². The molecule has 170 valence electrons. The van der Waals surface area contributed by atoms with E-state index in [0.717, 1.165) is 25.3 Å². The largest absolute Gasteiger partial charge is 0.353 e. The molecule has 31 heavy (non-hydrogen) atoms. The van der Waals surface area contributed by atoms with E-state index < -0.39 is 9.84 Å². The van der Waals surface area contributed by atoms with Crippen LogP contribution in [0.4, 0.5) is 5.82 Å². The normalized spacial score (nSPS) is 17.7. The van der Waals surface area contributed by atoms with Crippen molar-refractivity contribution >= 4 is 57.2 Å². The molecule has 0 bridgehead atoms. The molecule has 0 spiro atoms. The summed E-state index contributed by atoms with van der Waals surface area (Å²) in [4.78, 5) is 11.2. The van der Waals surface area contributed by atoms with Gasteiger partial charge in [0.05, 0.1) is 15.7 Å². The van der Waals surface area contributed by atoms with Gasteiger partial charge in [0.2, 0.25) is 0 Å². The summed E-state index contributed by atoms with van der Waals surface area (Å²) in [5.41, 5.74) is 0. The lowest BCUT2D eigenvalue weighted by molar-refractivity contribution is 0.563. The number of halogens is 2. The number of aromatic nitrogens is 1. The molecule has 0 aliphatic carbocycles. The van der Waals surface area contributed by atoms with Crippen LogP contribution < -0.4 is 15.5 Å². The van der Waals surface area contributed by atoms with Gasteiger partial charge in [0, 0.05) is 38.4 Å². The highest BCUT2D eigenvalue weighted by molar-refractivity contribution is 14.0. The first-order chi connectivity index (χ1) is 14.4. The molecule has 1 aromatic carbocycles. The zero-order valence-electron chi connectivity index (χ0n) is 17.7. The maximum absolute atomic E-state index is 12.7. The number of rotatable bonds is 7. The van der Waals surface area contributed by atoms with E-state index in [2.05, 4.69) is 25.5 Å². The van der Waals surface area contributed by atoms with E-state index in [1.165, 1.54) is 0 Å². The maximum atomic E-state index is 12.7. The molecule has 1 aliphatic heterocycles. The van der Waals surface area contributed by atoms with Crippen molar-refractivity contribution in [3.05, 3.63) is 53.7 Å². The molecule has 2 N–H and O–H groups in total. The van der Waals surface area contributed by atoms with Crippen LogP contribution in [0.1, 0.15) is 19.8 Å². The van der Waals surface area contributed by atoms with Crippen LogP contribution in [0.25, 0.3) is 0 Å². The SMILES string of the molecule is CCC(CS(=O)(=O)c1ccccc1)NC(=NC)NC1CCN(c2ncccc2Cl)C1.I. The van der Waals surface area contributed by atoms with Gasteiger partial charge in [-0.25, -0.2) is 13.4 Å². The number of aliphatic imine (C=N–C) groups is 1. The van der Waals surface area contributed by atoms with E-state index in [4.69, 9.17) is 11.6 Å². The molecule has 0 saturated carbocycles. The number of hydrogen-bond donors (Lipinski definition) is 2. The Kier molecular flexibility index (Phi) is 9.83. The lowest BCUT2D eigenvalue weighted by atomic mass is 10.2. The number of benzene rings is 1. The monoisotopic (exact) mass is 577 g/mol. The van der Waals surface area contributed by atoms with Gasteiger partial charge in [0.1, 0.15) is 5.82 Å². The molecule has 2 aromatic rings. The van der Waals surface area contributed by atoms with Gasteiger partial charge in [-0.3, -0.25) is 4.99 Å². The molecule has 2 unspecified atom stereocenters. The molecular formula is C21H29ClIN5O2S. The summed E-state index contributed by atoms with van der Waals surface area (Å²) < 4.78 is 25.4. The number of guanidine groups is 1. The Bertz CT molecular complexity index is 975.